The summed E-state index contributed by atoms with van der Waals surface area (Å²) in [7, 11) is 3.05. The summed E-state index contributed by atoms with van der Waals surface area (Å²) in [6.45, 7) is 1.74. The van der Waals surface area contributed by atoms with E-state index in [0.29, 0.717) is 28.5 Å². The summed E-state index contributed by atoms with van der Waals surface area (Å²) in [5.74, 6) is 1.30. The summed E-state index contributed by atoms with van der Waals surface area (Å²) in [5.41, 5.74) is 3.43. The number of nitrogens with zero attached hydrogens (tertiary/aromatic N) is 1. The van der Waals surface area contributed by atoms with Gasteiger partial charge in [-0.2, -0.15) is 5.10 Å². The monoisotopic (exact) mass is 288 g/mol. The van der Waals surface area contributed by atoms with E-state index in [2.05, 4.69) is 10.5 Å². The first-order chi connectivity index (χ1) is 10.1. The van der Waals surface area contributed by atoms with Crippen LogP contribution in [-0.2, 0) is 0 Å². The van der Waals surface area contributed by atoms with Crippen LogP contribution >= 0.6 is 0 Å². The molecule has 1 heterocycles. The lowest BCUT2D eigenvalue weighted by molar-refractivity contribution is 0.0954. The van der Waals surface area contributed by atoms with Crippen LogP contribution in [0.25, 0.3) is 0 Å². The fourth-order valence-corrected chi connectivity index (χ4v) is 1.68. The number of furan rings is 1. The molecule has 6 heteroatoms. The van der Waals surface area contributed by atoms with E-state index in [1.54, 1.807) is 43.5 Å². The van der Waals surface area contributed by atoms with Crippen molar-refractivity contribution in [2.45, 2.75) is 6.92 Å². The van der Waals surface area contributed by atoms with Gasteiger partial charge in [0.15, 0.2) is 0 Å². The maximum atomic E-state index is 12.1. The highest BCUT2D eigenvalue weighted by Gasteiger charge is 2.10. The van der Waals surface area contributed by atoms with Crippen LogP contribution in [0.15, 0.2) is 46.1 Å². The van der Waals surface area contributed by atoms with E-state index in [1.165, 1.54) is 14.2 Å². The second-order valence-electron chi connectivity index (χ2n) is 4.22. The molecule has 0 aliphatic heterocycles. The van der Waals surface area contributed by atoms with E-state index >= 15 is 0 Å². The molecule has 21 heavy (non-hydrogen) atoms. The van der Waals surface area contributed by atoms with E-state index in [4.69, 9.17) is 13.9 Å². The summed E-state index contributed by atoms with van der Waals surface area (Å²) >= 11 is 0. The van der Waals surface area contributed by atoms with Crippen LogP contribution in [0.2, 0.25) is 0 Å². The number of hydrogen-bond donors (Lipinski definition) is 1. The summed E-state index contributed by atoms with van der Waals surface area (Å²) in [6.07, 6.45) is 1.54. The zero-order valence-electron chi connectivity index (χ0n) is 12.0. The lowest BCUT2D eigenvalue weighted by atomic mass is 10.2. The zero-order chi connectivity index (χ0) is 15.2. The van der Waals surface area contributed by atoms with E-state index < -0.39 is 0 Å². The molecule has 0 saturated carbocycles. The number of hydrazone groups is 1. The van der Waals surface area contributed by atoms with Crippen molar-refractivity contribution in [2.75, 3.05) is 14.2 Å². The van der Waals surface area contributed by atoms with Gasteiger partial charge >= 0.3 is 0 Å². The van der Waals surface area contributed by atoms with Crippen molar-refractivity contribution in [3.8, 4) is 11.5 Å². The molecular weight excluding hydrogens is 272 g/mol. The summed E-state index contributed by atoms with van der Waals surface area (Å²) in [5, 5.41) is 4.00. The van der Waals surface area contributed by atoms with Gasteiger partial charge in [0.1, 0.15) is 23.0 Å². The molecule has 1 aromatic heterocycles. The van der Waals surface area contributed by atoms with Gasteiger partial charge in [-0.1, -0.05) is 0 Å². The molecule has 0 spiro atoms. The topological polar surface area (TPSA) is 73.1 Å². The summed E-state index contributed by atoms with van der Waals surface area (Å²) in [4.78, 5) is 12.1. The predicted octanol–water partition coefficient (Wildman–Crippen LogP) is 2.45. The molecule has 2 aromatic rings. The average Bonchev–Trinajstić information content (AvgIpc) is 3.06. The Balaban J connectivity index is 2.15. The fourth-order valence-electron chi connectivity index (χ4n) is 1.68. The van der Waals surface area contributed by atoms with Crippen molar-refractivity contribution in [1.29, 1.82) is 0 Å². The third-order valence-corrected chi connectivity index (χ3v) is 2.82. The molecule has 0 aliphatic carbocycles. The highest BCUT2D eigenvalue weighted by Crippen LogP contribution is 2.22. The lowest BCUT2D eigenvalue weighted by Gasteiger charge is -2.07. The van der Waals surface area contributed by atoms with Crippen LogP contribution in [0.3, 0.4) is 0 Å². The third-order valence-electron chi connectivity index (χ3n) is 2.82. The molecule has 110 valence electrons. The number of hydrogen-bond acceptors (Lipinski definition) is 5. The van der Waals surface area contributed by atoms with Gasteiger partial charge in [0, 0.05) is 11.6 Å². The van der Waals surface area contributed by atoms with Crippen molar-refractivity contribution in [1.82, 2.24) is 5.43 Å². The molecule has 0 aliphatic rings. The van der Waals surface area contributed by atoms with Gasteiger partial charge in [0.2, 0.25) is 0 Å². The molecule has 1 N–H and O–H groups in total. The second-order valence-corrected chi connectivity index (χ2v) is 4.22. The largest absolute Gasteiger partial charge is 0.497 e. The number of nitrogens with one attached hydrogen (secondary N) is 1. The first-order valence-electron chi connectivity index (χ1n) is 6.25. The molecule has 0 unspecified atom stereocenters. The fraction of sp³-hybridized carbons (Fsp3) is 0.200. The normalized spacial score (nSPS) is 11.1. The number of rotatable bonds is 5. The van der Waals surface area contributed by atoms with Crippen LogP contribution in [0.1, 0.15) is 23.0 Å². The van der Waals surface area contributed by atoms with Gasteiger partial charge in [0.25, 0.3) is 5.91 Å². The Labute approximate surface area is 122 Å². The van der Waals surface area contributed by atoms with Crippen LogP contribution < -0.4 is 14.9 Å². The number of carbonyl (C=O) groups is 1. The van der Waals surface area contributed by atoms with E-state index in [1.807, 2.05) is 0 Å². The standard InChI is InChI=1S/C15H16N2O4/c1-10(14-5-4-6-21-14)16-17-15(18)11-7-12(19-2)9-13(8-11)20-3/h4-9H,1-3H3,(H,17,18)/b16-10-. The molecule has 2 rings (SSSR count). The molecule has 0 bridgehead atoms. The van der Waals surface area contributed by atoms with Crippen molar-refractivity contribution in [3.05, 3.63) is 47.9 Å². The first-order valence-corrected chi connectivity index (χ1v) is 6.25. The third kappa shape index (κ3) is 3.62. The quantitative estimate of drug-likeness (QED) is 0.677. The Morgan fingerprint density at radius 2 is 1.86 bits per heavy atom. The van der Waals surface area contributed by atoms with Gasteiger partial charge in [-0.05, 0) is 31.2 Å². The molecular formula is C15H16N2O4. The van der Waals surface area contributed by atoms with E-state index in [9.17, 15) is 4.79 Å². The number of ether oxygens (including phenoxy) is 2. The highest BCUT2D eigenvalue weighted by atomic mass is 16.5. The Kier molecular flexibility index (Phi) is 4.61. The van der Waals surface area contributed by atoms with Gasteiger partial charge in [-0.15, -0.1) is 0 Å². The Bertz CT molecular complexity index is 625. The van der Waals surface area contributed by atoms with Crippen molar-refractivity contribution in [2.24, 2.45) is 5.10 Å². The minimum absolute atomic E-state index is 0.363. The Morgan fingerprint density at radius 1 is 1.19 bits per heavy atom. The molecule has 0 fully saturated rings. The number of methoxy groups -OCH3 is 2. The van der Waals surface area contributed by atoms with Crippen LogP contribution in [-0.4, -0.2) is 25.8 Å². The van der Waals surface area contributed by atoms with E-state index in [-0.39, 0.29) is 5.91 Å². The number of carbonyl (C=O) groups excluding carboxylic acids is 1. The van der Waals surface area contributed by atoms with E-state index in [0.717, 1.165) is 0 Å². The molecule has 6 nitrogen and oxygen atoms in total. The number of benzene rings is 1. The summed E-state index contributed by atoms with van der Waals surface area (Å²) in [6, 6.07) is 8.42. The van der Waals surface area contributed by atoms with Crippen LogP contribution in [0.5, 0.6) is 11.5 Å². The Hall–Kier alpha value is -2.76. The minimum Gasteiger partial charge on any atom is -0.497 e. The predicted molar refractivity (Wildman–Crippen MR) is 77.9 cm³/mol. The maximum Gasteiger partial charge on any atom is 0.271 e. The lowest BCUT2D eigenvalue weighted by Crippen LogP contribution is -2.19. The van der Waals surface area contributed by atoms with Gasteiger partial charge in [0.05, 0.1) is 20.5 Å². The Morgan fingerprint density at radius 3 is 2.38 bits per heavy atom. The molecule has 0 saturated heterocycles. The van der Waals surface area contributed by atoms with Crippen LogP contribution in [0, 0.1) is 0 Å². The summed E-state index contributed by atoms with van der Waals surface area (Å²) < 4.78 is 15.4. The minimum atomic E-state index is -0.363. The SMILES string of the molecule is COc1cc(OC)cc(C(=O)N/N=C(/C)c2ccco2)c1. The first kappa shape index (κ1) is 14.6. The number of amides is 1. The smallest absolute Gasteiger partial charge is 0.271 e. The van der Waals surface area contributed by atoms with Crippen LogP contribution in [0.4, 0.5) is 0 Å². The van der Waals surface area contributed by atoms with Gasteiger partial charge in [-0.3, -0.25) is 4.79 Å². The van der Waals surface area contributed by atoms with Gasteiger partial charge < -0.3 is 13.9 Å². The van der Waals surface area contributed by atoms with Crippen molar-refractivity contribution in [3.63, 3.8) is 0 Å². The highest BCUT2D eigenvalue weighted by molar-refractivity contribution is 5.99. The van der Waals surface area contributed by atoms with Gasteiger partial charge in [-0.25, -0.2) is 5.43 Å². The molecule has 1 aromatic carbocycles. The average molecular weight is 288 g/mol. The molecule has 0 atom stereocenters. The maximum absolute atomic E-state index is 12.1. The van der Waals surface area contributed by atoms with Crippen molar-refractivity contribution >= 4 is 11.6 Å². The molecule has 0 radical (unpaired) electrons. The second kappa shape index (κ2) is 6.60. The van der Waals surface area contributed by atoms with Crippen molar-refractivity contribution < 1.29 is 18.7 Å². The zero-order valence-corrected chi connectivity index (χ0v) is 12.0. The molecule has 1 amide bonds.